The largest absolute Gasteiger partial charge is 0.360 e. The van der Waals surface area contributed by atoms with E-state index in [9.17, 15) is 14.0 Å². The van der Waals surface area contributed by atoms with E-state index in [1.54, 1.807) is 32.0 Å². The second kappa shape index (κ2) is 9.22. The molecule has 0 bridgehead atoms. The van der Waals surface area contributed by atoms with E-state index < -0.39 is 5.25 Å². The van der Waals surface area contributed by atoms with Crippen LogP contribution in [0.25, 0.3) is 0 Å². The first kappa shape index (κ1) is 19.0. The van der Waals surface area contributed by atoms with Gasteiger partial charge in [0.15, 0.2) is 5.82 Å². The highest BCUT2D eigenvalue weighted by Gasteiger charge is 2.16. The van der Waals surface area contributed by atoms with Gasteiger partial charge in [0.25, 0.3) is 0 Å². The summed E-state index contributed by atoms with van der Waals surface area (Å²) >= 11 is 1.23. The molecule has 0 spiro atoms. The van der Waals surface area contributed by atoms with Crippen LogP contribution in [0.1, 0.15) is 18.2 Å². The van der Waals surface area contributed by atoms with E-state index in [2.05, 4.69) is 15.8 Å². The summed E-state index contributed by atoms with van der Waals surface area (Å²) in [6.45, 7) is 3.92. The molecule has 0 unspecified atom stereocenters. The van der Waals surface area contributed by atoms with Crippen molar-refractivity contribution < 1.29 is 18.5 Å². The highest BCUT2D eigenvalue weighted by Crippen LogP contribution is 2.14. The number of aryl methyl sites for hydroxylation is 1. The molecule has 0 fully saturated rings. The molecule has 134 valence electrons. The lowest BCUT2D eigenvalue weighted by Gasteiger charge is -2.10. The maximum Gasteiger partial charge on any atom is 0.238 e. The Morgan fingerprint density at radius 1 is 1.32 bits per heavy atom. The third-order valence-corrected chi connectivity index (χ3v) is 4.50. The van der Waals surface area contributed by atoms with Gasteiger partial charge >= 0.3 is 0 Å². The quantitative estimate of drug-likeness (QED) is 0.751. The fourth-order valence-corrected chi connectivity index (χ4v) is 2.69. The van der Waals surface area contributed by atoms with Crippen LogP contribution >= 0.6 is 11.8 Å². The zero-order chi connectivity index (χ0) is 18.2. The summed E-state index contributed by atoms with van der Waals surface area (Å²) in [5.74, 6) is 0.476. The van der Waals surface area contributed by atoms with Gasteiger partial charge < -0.3 is 15.2 Å². The van der Waals surface area contributed by atoms with Gasteiger partial charge in [0.1, 0.15) is 11.6 Å². The number of nitrogens with zero attached hydrogens (tertiary/aromatic N) is 1. The lowest BCUT2D eigenvalue weighted by atomic mass is 10.1. The minimum atomic E-state index is -0.403. The Balaban J connectivity index is 1.64. The number of carbonyl (C=O) groups excluding carboxylic acids is 2. The van der Waals surface area contributed by atoms with E-state index in [4.69, 9.17) is 4.52 Å². The highest BCUT2D eigenvalue weighted by molar-refractivity contribution is 8.01. The fourth-order valence-electron chi connectivity index (χ4n) is 1.98. The topological polar surface area (TPSA) is 84.2 Å². The molecular weight excluding hydrogens is 345 g/mol. The van der Waals surface area contributed by atoms with Crippen LogP contribution in [0.3, 0.4) is 0 Å². The number of anilines is 1. The minimum Gasteiger partial charge on any atom is -0.360 e. The van der Waals surface area contributed by atoms with Crippen molar-refractivity contribution in [3.05, 3.63) is 47.5 Å². The van der Waals surface area contributed by atoms with Gasteiger partial charge in [0.2, 0.25) is 11.8 Å². The molecule has 0 radical (unpaired) electrons. The van der Waals surface area contributed by atoms with Crippen molar-refractivity contribution in [2.45, 2.75) is 25.5 Å². The molecule has 1 heterocycles. The average molecular weight is 365 g/mol. The normalized spacial score (nSPS) is 11.8. The molecule has 1 aromatic heterocycles. The van der Waals surface area contributed by atoms with Crippen molar-refractivity contribution in [3.63, 3.8) is 0 Å². The third kappa shape index (κ3) is 6.58. The van der Waals surface area contributed by atoms with E-state index in [0.717, 1.165) is 5.56 Å². The van der Waals surface area contributed by atoms with E-state index in [1.165, 1.54) is 23.9 Å². The third-order valence-electron chi connectivity index (χ3n) is 3.36. The van der Waals surface area contributed by atoms with Crippen LogP contribution in [-0.4, -0.2) is 34.5 Å². The smallest absolute Gasteiger partial charge is 0.238 e. The SMILES string of the molecule is Cc1cc(NC(=O)[C@@H](C)SCC(=O)NCCc2ccc(F)cc2)no1. The monoisotopic (exact) mass is 365 g/mol. The van der Waals surface area contributed by atoms with Gasteiger partial charge in [-0.05, 0) is 38.0 Å². The molecule has 6 nitrogen and oxygen atoms in total. The van der Waals surface area contributed by atoms with Crippen molar-refractivity contribution in [1.29, 1.82) is 0 Å². The lowest BCUT2D eigenvalue weighted by molar-refractivity contribution is -0.118. The Labute approximate surface area is 149 Å². The van der Waals surface area contributed by atoms with Gasteiger partial charge in [0.05, 0.1) is 11.0 Å². The minimum absolute atomic E-state index is 0.149. The van der Waals surface area contributed by atoms with Gasteiger partial charge in [-0.3, -0.25) is 9.59 Å². The van der Waals surface area contributed by atoms with Crippen LogP contribution in [0.2, 0.25) is 0 Å². The van der Waals surface area contributed by atoms with Gasteiger partial charge in [0, 0.05) is 12.6 Å². The predicted molar refractivity (Wildman–Crippen MR) is 94.9 cm³/mol. The summed E-state index contributed by atoms with van der Waals surface area (Å²) in [5.41, 5.74) is 0.949. The van der Waals surface area contributed by atoms with Gasteiger partial charge in [-0.25, -0.2) is 4.39 Å². The van der Waals surface area contributed by atoms with Gasteiger partial charge in [-0.15, -0.1) is 11.8 Å². The van der Waals surface area contributed by atoms with Gasteiger partial charge in [-0.2, -0.15) is 0 Å². The highest BCUT2D eigenvalue weighted by atomic mass is 32.2. The van der Waals surface area contributed by atoms with Crippen LogP contribution in [0.15, 0.2) is 34.9 Å². The van der Waals surface area contributed by atoms with Crippen LogP contribution in [-0.2, 0) is 16.0 Å². The molecule has 25 heavy (non-hydrogen) atoms. The van der Waals surface area contributed by atoms with Crippen LogP contribution in [0, 0.1) is 12.7 Å². The first-order chi connectivity index (χ1) is 11.9. The second-order valence-electron chi connectivity index (χ2n) is 5.49. The Hall–Kier alpha value is -2.35. The summed E-state index contributed by atoms with van der Waals surface area (Å²) in [6, 6.07) is 7.79. The van der Waals surface area contributed by atoms with Crippen LogP contribution in [0.4, 0.5) is 10.2 Å². The molecule has 0 saturated heterocycles. The molecule has 1 atom stereocenters. The van der Waals surface area contributed by atoms with Crippen molar-refractivity contribution in [3.8, 4) is 0 Å². The maximum absolute atomic E-state index is 12.8. The summed E-state index contributed by atoms with van der Waals surface area (Å²) in [4.78, 5) is 23.8. The number of rotatable bonds is 8. The Morgan fingerprint density at radius 3 is 2.68 bits per heavy atom. The van der Waals surface area contributed by atoms with Crippen LogP contribution < -0.4 is 10.6 Å². The molecule has 0 aliphatic rings. The fraction of sp³-hybridized carbons (Fsp3) is 0.353. The molecule has 0 saturated carbocycles. The lowest BCUT2D eigenvalue weighted by Crippen LogP contribution is -2.30. The zero-order valence-corrected chi connectivity index (χ0v) is 14.9. The number of benzene rings is 1. The molecule has 2 amide bonds. The number of carbonyl (C=O) groups is 2. The first-order valence-electron chi connectivity index (χ1n) is 7.81. The predicted octanol–water partition coefficient (Wildman–Crippen LogP) is 2.54. The molecule has 8 heteroatoms. The van der Waals surface area contributed by atoms with Crippen molar-refractivity contribution >= 4 is 29.4 Å². The number of amides is 2. The molecule has 0 aliphatic heterocycles. The number of hydrogen-bond acceptors (Lipinski definition) is 5. The Bertz CT molecular complexity index is 718. The summed E-state index contributed by atoms with van der Waals surface area (Å²) in [7, 11) is 0. The summed E-state index contributed by atoms with van der Waals surface area (Å²) < 4.78 is 17.7. The number of aromatic nitrogens is 1. The van der Waals surface area contributed by atoms with E-state index in [1.807, 2.05) is 0 Å². The molecule has 0 aliphatic carbocycles. The zero-order valence-electron chi connectivity index (χ0n) is 14.0. The van der Waals surface area contributed by atoms with Crippen molar-refractivity contribution in [2.24, 2.45) is 0 Å². The molecule has 1 aromatic carbocycles. The summed E-state index contributed by atoms with van der Waals surface area (Å²) in [6.07, 6.45) is 0.623. The molecular formula is C17H20FN3O3S. The van der Waals surface area contributed by atoms with Crippen LogP contribution in [0.5, 0.6) is 0 Å². The van der Waals surface area contributed by atoms with E-state index in [0.29, 0.717) is 24.5 Å². The first-order valence-corrected chi connectivity index (χ1v) is 8.86. The van der Waals surface area contributed by atoms with E-state index in [-0.39, 0.29) is 23.4 Å². The maximum atomic E-state index is 12.8. The molecule has 2 rings (SSSR count). The number of nitrogens with one attached hydrogen (secondary N) is 2. The number of hydrogen-bond donors (Lipinski definition) is 2. The second-order valence-corrected chi connectivity index (χ2v) is 6.82. The van der Waals surface area contributed by atoms with Crippen molar-refractivity contribution in [1.82, 2.24) is 10.5 Å². The Morgan fingerprint density at radius 2 is 2.04 bits per heavy atom. The van der Waals surface area contributed by atoms with E-state index >= 15 is 0 Å². The standard InChI is InChI=1S/C17H20FN3O3S/c1-11-9-15(21-24-11)20-17(23)12(2)25-10-16(22)19-8-7-13-3-5-14(18)6-4-13/h3-6,9,12H,7-8,10H2,1-2H3,(H,19,22)(H,20,21,23)/t12-/m1/s1. The molecule has 2 aromatic rings. The summed E-state index contributed by atoms with van der Waals surface area (Å²) in [5, 5.41) is 8.70. The van der Waals surface area contributed by atoms with Gasteiger partial charge in [-0.1, -0.05) is 17.3 Å². The Kier molecular flexibility index (Phi) is 7.00. The average Bonchev–Trinajstić information content (AvgIpc) is 2.99. The number of thioether (sulfide) groups is 1. The number of halogens is 1. The molecule has 2 N–H and O–H groups in total. The van der Waals surface area contributed by atoms with Crippen molar-refractivity contribution in [2.75, 3.05) is 17.6 Å².